The van der Waals surface area contributed by atoms with Gasteiger partial charge < -0.3 is 12.5 Å². The van der Waals surface area contributed by atoms with Crippen LogP contribution in [0.2, 0.25) is 0 Å². The summed E-state index contributed by atoms with van der Waals surface area (Å²) in [4.78, 5) is 22.7. The SMILES string of the molecule is COc1ccc(OCc2ccccc2C(=O)OI)c(F)c1C=O. The van der Waals surface area contributed by atoms with E-state index in [4.69, 9.17) is 9.47 Å². The first-order valence-corrected chi connectivity index (χ1v) is 7.35. The van der Waals surface area contributed by atoms with Crippen LogP contribution in [0.25, 0.3) is 0 Å². The molecule has 0 saturated carbocycles. The molecular formula is C16H12FIO5. The molecule has 0 heterocycles. The summed E-state index contributed by atoms with van der Waals surface area (Å²) in [6.45, 7) is -0.0521. The minimum Gasteiger partial charge on any atom is -0.496 e. The smallest absolute Gasteiger partial charge is 0.347 e. The van der Waals surface area contributed by atoms with E-state index in [0.29, 0.717) is 17.4 Å². The van der Waals surface area contributed by atoms with Crippen LogP contribution in [-0.2, 0) is 9.67 Å². The summed E-state index contributed by atoms with van der Waals surface area (Å²) in [7, 11) is 1.34. The lowest BCUT2D eigenvalue weighted by Gasteiger charge is -2.12. The highest BCUT2D eigenvalue weighted by molar-refractivity contribution is 14.1. The van der Waals surface area contributed by atoms with Crippen molar-refractivity contribution in [2.75, 3.05) is 7.11 Å². The first kappa shape index (κ1) is 17.2. The van der Waals surface area contributed by atoms with Crippen molar-refractivity contribution in [1.82, 2.24) is 0 Å². The minimum absolute atomic E-state index is 0.0521. The van der Waals surface area contributed by atoms with Gasteiger partial charge in [0, 0.05) is 5.56 Å². The molecule has 0 amide bonds. The van der Waals surface area contributed by atoms with Crippen LogP contribution in [0, 0.1) is 5.82 Å². The Labute approximate surface area is 146 Å². The largest absolute Gasteiger partial charge is 0.496 e. The average molecular weight is 430 g/mol. The molecule has 0 aliphatic carbocycles. The van der Waals surface area contributed by atoms with E-state index in [0.717, 1.165) is 0 Å². The third-order valence-electron chi connectivity index (χ3n) is 3.13. The van der Waals surface area contributed by atoms with Crippen molar-refractivity contribution in [2.24, 2.45) is 0 Å². The number of hydrogen-bond acceptors (Lipinski definition) is 5. The number of methoxy groups -OCH3 is 1. The zero-order chi connectivity index (χ0) is 16.8. The van der Waals surface area contributed by atoms with E-state index < -0.39 is 11.8 Å². The first-order valence-electron chi connectivity index (χ1n) is 6.47. The van der Waals surface area contributed by atoms with Crippen molar-refractivity contribution in [1.29, 1.82) is 0 Å². The molecule has 0 fully saturated rings. The Balaban J connectivity index is 2.26. The second kappa shape index (κ2) is 7.91. The number of benzene rings is 2. The molecule has 0 unspecified atom stereocenters. The summed E-state index contributed by atoms with van der Waals surface area (Å²) in [6, 6.07) is 9.47. The van der Waals surface area contributed by atoms with Crippen molar-refractivity contribution >= 4 is 35.3 Å². The van der Waals surface area contributed by atoms with E-state index in [1.807, 2.05) is 0 Å². The Hall–Kier alpha value is -2.16. The highest BCUT2D eigenvalue weighted by atomic mass is 127. The van der Waals surface area contributed by atoms with E-state index in [1.54, 1.807) is 24.3 Å². The third-order valence-corrected chi connectivity index (χ3v) is 3.53. The van der Waals surface area contributed by atoms with Gasteiger partial charge in [0.15, 0.2) is 40.9 Å². The molecule has 0 aromatic heterocycles. The van der Waals surface area contributed by atoms with Crippen LogP contribution < -0.4 is 9.47 Å². The summed E-state index contributed by atoms with van der Waals surface area (Å²) in [5.41, 5.74) is 0.647. The van der Waals surface area contributed by atoms with Gasteiger partial charge in [-0.3, -0.25) is 4.79 Å². The molecule has 23 heavy (non-hydrogen) atoms. The molecule has 0 atom stereocenters. The van der Waals surface area contributed by atoms with Gasteiger partial charge in [-0.05, 0) is 18.2 Å². The maximum absolute atomic E-state index is 14.2. The van der Waals surface area contributed by atoms with Crippen molar-refractivity contribution in [3.8, 4) is 11.5 Å². The molecule has 0 aliphatic rings. The van der Waals surface area contributed by atoms with Crippen molar-refractivity contribution in [3.05, 3.63) is 58.9 Å². The number of carbonyl (C=O) groups is 2. The predicted molar refractivity (Wildman–Crippen MR) is 88.5 cm³/mol. The van der Waals surface area contributed by atoms with Crippen LogP contribution >= 0.6 is 23.0 Å². The van der Waals surface area contributed by atoms with Crippen molar-refractivity contribution in [3.63, 3.8) is 0 Å². The molecule has 2 rings (SSSR count). The standard InChI is InChI=1S/C16H12FIO5/c1-21-13-6-7-14(15(17)12(13)8-19)22-9-10-4-2-3-5-11(10)16(20)23-18/h2-8H,9H2,1H3. The molecular weight excluding hydrogens is 418 g/mol. The zero-order valence-corrected chi connectivity index (χ0v) is 14.2. The number of rotatable bonds is 6. The molecule has 5 nitrogen and oxygen atoms in total. The summed E-state index contributed by atoms with van der Waals surface area (Å²) in [6.07, 6.45) is 0.364. The highest BCUT2D eigenvalue weighted by Gasteiger charge is 2.16. The lowest BCUT2D eigenvalue weighted by molar-refractivity contribution is 0.0797. The molecule has 2 aromatic carbocycles. The van der Waals surface area contributed by atoms with E-state index in [9.17, 15) is 14.0 Å². The molecule has 0 N–H and O–H groups in total. The zero-order valence-electron chi connectivity index (χ0n) is 12.0. The Morgan fingerprint density at radius 3 is 2.57 bits per heavy atom. The Morgan fingerprint density at radius 2 is 1.91 bits per heavy atom. The van der Waals surface area contributed by atoms with Gasteiger partial charge >= 0.3 is 5.97 Å². The summed E-state index contributed by atoms with van der Waals surface area (Å²) in [5.74, 6) is -1.31. The maximum Gasteiger partial charge on any atom is 0.347 e. The summed E-state index contributed by atoms with van der Waals surface area (Å²) >= 11 is 1.49. The number of hydrogen-bond donors (Lipinski definition) is 0. The molecule has 7 heteroatoms. The average Bonchev–Trinajstić information content (AvgIpc) is 2.59. The monoisotopic (exact) mass is 430 g/mol. The number of ether oxygens (including phenoxy) is 2. The maximum atomic E-state index is 14.2. The minimum atomic E-state index is -0.812. The molecule has 120 valence electrons. The molecule has 0 spiro atoms. The van der Waals surface area contributed by atoms with E-state index >= 15 is 0 Å². The second-order valence-corrected chi connectivity index (χ2v) is 4.86. The van der Waals surface area contributed by atoms with E-state index in [2.05, 4.69) is 3.07 Å². The number of halogens is 2. The molecule has 0 radical (unpaired) electrons. The van der Waals surface area contributed by atoms with Gasteiger partial charge in [0.2, 0.25) is 0 Å². The van der Waals surface area contributed by atoms with Gasteiger partial charge in [-0.15, -0.1) is 0 Å². The van der Waals surface area contributed by atoms with Gasteiger partial charge in [0.05, 0.1) is 18.2 Å². The summed E-state index contributed by atoms with van der Waals surface area (Å²) in [5, 5.41) is 0. The number of aldehydes is 1. The van der Waals surface area contributed by atoms with Gasteiger partial charge in [0.25, 0.3) is 0 Å². The predicted octanol–water partition coefficient (Wildman–Crippen LogP) is 3.73. The highest BCUT2D eigenvalue weighted by Crippen LogP contribution is 2.28. The van der Waals surface area contributed by atoms with E-state index in [-0.39, 0.29) is 23.7 Å². The lowest BCUT2D eigenvalue weighted by atomic mass is 10.1. The van der Waals surface area contributed by atoms with Crippen molar-refractivity contribution in [2.45, 2.75) is 6.61 Å². The lowest BCUT2D eigenvalue weighted by Crippen LogP contribution is -2.07. The quantitative estimate of drug-likeness (QED) is 0.517. The van der Waals surface area contributed by atoms with Crippen molar-refractivity contribution < 1.29 is 26.5 Å². The van der Waals surface area contributed by atoms with Crippen LogP contribution in [-0.4, -0.2) is 19.4 Å². The Bertz CT molecular complexity index is 732. The number of carbonyl (C=O) groups excluding carboxylic acids is 2. The molecule has 0 aliphatic heterocycles. The molecule has 0 bridgehead atoms. The fraction of sp³-hybridized carbons (Fsp3) is 0.125. The van der Waals surface area contributed by atoms with Crippen LogP contribution in [0.5, 0.6) is 11.5 Å². The Kier molecular flexibility index (Phi) is 5.91. The normalized spacial score (nSPS) is 10.0. The second-order valence-electron chi connectivity index (χ2n) is 4.42. The first-order chi connectivity index (χ1) is 11.1. The van der Waals surface area contributed by atoms with Crippen LogP contribution in [0.15, 0.2) is 36.4 Å². The van der Waals surface area contributed by atoms with Gasteiger partial charge in [0.1, 0.15) is 12.4 Å². The van der Waals surface area contributed by atoms with Gasteiger partial charge in [-0.1, -0.05) is 18.2 Å². The van der Waals surface area contributed by atoms with Crippen LogP contribution in [0.1, 0.15) is 26.3 Å². The fourth-order valence-corrected chi connectivity index (χ4v) is 2.23. The van der Waals surface area contributed by atoms with Gasteiger partial charge in [-0.25, -0.2) is 9.18 Å². The summed E-state index contributed by atoms with van der Waals surface area (Å²) < 4.78 is 29.2. The van der Waals surface area contributed by atoms with Crippen LogP contribution in [0.3, 0.4) is 0 Å². The fourth-order valence-electron chi connectivity index (χ4n) is 2.00. The van der Waals surface area contributed by atoms with Crippen LogP contribution in [0.4, 0.5) is 4.39 Å². The molecule has 2 aromatic rings. The Morgan fingerprint density at radius 1 is 1.22 bits per heavy atom. The third kappa shape index (κ3) is 3.79. The topological polar surface area (TPSA) is 61.8 Å². The molecule has 0 saturated heterocycles. The van der Waals surface area contributed by atoms with Gasteiger partial charge in [-0.2, -0.15) is 0 Å². The van der Waals surface area contributed by atoms with E-state index in [1.165, 1.54) is 42.2 Å².